The number of hydrazone groups is 1. The maximum atomic E-state index is 5.91. The third-order valence-electron chi connectivity index (χ3n) is 3.82. The fourth-order valence-corrected chi connectivity index (χ4v) is 3.05. The molecule has 1 heterocycles. The van der Waals surface area contributed by atoms with E-state index in [1.54, 1.807) is 17.6 Å². The van der Waals surface area contributed by atoms with Crippen LogP contribution in [0, 0.1) is 13.8 Å². The van der Waals surface area contributed by atoms with Crippen LogP contribution in [0.5, 0.6) is 5.75 Å². The smallest absolute Gasteiger partial charge is 0.203 e. The molecular weight excluding hydrogens is 318 g/mol. The Labute approximate surface area is 149 Å². The van der Waals surface area contributed by atoms with Gasteiger partial charge in [-0.15, -0.1) is 11.3 Å². The Kier molecular flexibility index (Phi) is 7.75. The van der Waals surface area contributed by atoms with Gasteiger partial charge in [-0.2, -0.15) is 5.10 Å². The van der Waals surface area contributed by atoms with E-state index in [4.69, 9.17) is 4.74 Å². The van der Waals surface area contributed by atoms with Crippen molar-refractivity contribution >= 4 is 22.7 Å². The van der Waals surface area contributed by atoms with Gasteiger partial charge in [-0.3, -0.25) is 5.43 Å². The molecule has 1 aromatic carbocycles. The summed E-state index contributed by atoms with van der Waals surface area (Å²) >= 11 is 1.61. The molecule has 0 amide bonds. The van der Waals surface area contributed by atoms with Crippen LogP contribution in [0.1, 0.15) is 55.2 Å². The lowest BCUT2D eigenvalue weighted by molar-refractivity contribution is 0.304. The Morgan fingerprint density at radius 2 is 1.96 bits per heavy atom. The van der Waals surface area contributed by atoms with Crippen LogP contribution < -0.4 is 10.2 Å². The minimum Gasteiger partial charge on any atom is -0.493 e. The Morgan fingerprint density at radius 1 is 1.17 bits per heavy atom. The summed E-state index contributed by atoms with van der Waals surface area (Å²) in [5.74, 6) is 0.880. The van der Waals surface area contributed by atoms with Gasteiger partial charge < -0.3 is 4.74 Å². The molecule has 4 nitrogen and oxygen atoms in total. The van der Waals surface area contributed by atoms with Crippen molar-refractivity contribution < 1.29 is 4.74 Å². The van der Waals surface area contributed by atoms with Crippen LogP contribution in [0.3, 0.4) is 0 Å². The van der Waals surface area contributed by atoms with Gasteiger partial charge in [-0.25, -0.2) is 4.98 Å². The number of ether oxygens (including phenoxy) is 1. The second-order valence-electron chi connectivity index (χ2n) is 5.83. The lowest BCUT2D eigenvalue weighted by Crippen LogP contribution is -2.00. The van der Waals surface area contributed by atoms with Crippen molar-refractivity contribution in [3.05, 3.63) is 40.4 Å². The molecule has 2 aromatic rings. The highest BCUT2D eigenvalue weighted by Crippen LogP contribution is 2.21. The van der Waals surface area contributed by atoms with E-state index in [0.29, 0.717) is 0 Å². The molecule has 0 aliphatic heterocycles. The van der Waals surface area contributed by atoms with Crippen LogP contribution in [0.25, 0.3) is 0 Å². The van der Waals surface area contributed by atoms with Crippen LogP contribution in [-0.4, -0.2) is 17.8 Å². The topological polar surface area (TPSA) is 46.5 Å². The highest BCUT2D eigenvalue weighted by molar-refractivity contribution is 7.15. The van der Waals surface area contributed by atoms with Crippen LogP contribution in [0.15, 0.2) is 29.4 Å². The molecule has 0 spiro atoms. The predicted octanol–water partition coefficient (Wildman–Crippen LogP) is 5.56. The summed E-state index contributed by atoms with van der Waals surface area (Å²) < 4.78 is 5.91. The first-order valence-electron chi connectivity index (χ1n) is 8.65. The van der Waals surface area contributed by atoms with E-state index in [-0.39, 0.29) is 0 Å². The molecule has 1 N–H and O–H groups in total. The number of nitrogens with one attached hydrogen (secondary N) is 1. The minimum absolute atomic E-state index is 0.757. The van der Waals surface area contributed by atoms with Crippen LogP contribution in [0.4, 0.5) is 5.13 Å². The highest BCUT2D eigenvalue weighted by Gasteiger charge is 2.03. The average molecular weight is 346 g/mol. The van der Waals surface area contributed by atoms with E-state index in [2.05, 4.69) is 29.4 Å². The van der Waals surface area contributed by atoms with Crippen molar-refractivity contribution in [2.45, 2.75) is 52.9 Å². The zero-order valence-corrected chi connectivity index (χ0v) is 15.7. The number of nitrogens with zero attached hydrogens (tertiary/aromatic N) is 2. The Bertz CT molecular complexity index is 632. The van der Waals surface area contributed by atoms with Crippen molar-refractivity contribution in [3.63, 3.8) is 0 Å². The Balaban J connectivity index is 1.85. The van der Waals surface area contributed by atoms with Gasteiger partial charge in [0.2, 0.25) is 5.13 Å². The van der Waals surface area contributed by atoms with Gasteiger partial charge in [0.05, 0.1) is 18.5 Å². The summed E-state index contributed by atoms with van der Waals surface area (Å²) in [6.45, 7) is 7.05. The van der Waals surface area contributed by atoms with Gasteiger partial charge in [-0.05, 0) is 32.4 Å². The number of para-hydroxylation sites is 1. The molecule has 0 unspecified atom stereocenters. The van der Waals surface area contributed by atoms with Crippen LogP contribution >= 0.6 is 11.3 Å². The average Bonchev–Trinajstić information content (AvgIpc) is 2.90. The van der Waals surface area contributed by atoms with E-state index < -0.39 is 0 Å². The van der Waals surface area contributed by atoms with Crippen LogP contribution in [0.2, 0.25) is 0 Å². The Hall–Kier alpha value is -1.88. The predicted molar refractivity (Wildman–Crippen MR) is 104 cm³/mol. The first-order chi connectivity index (χ1) is 11.7. The molecule has 130 valence electrons. The number of benzene rings is 1. The van der Waals surface area contributed by atoms with Gasteiger partial charge >= 0.3 is 0 Å². The summed E-state index contributed by atoms with van der Waals surface area (Å²) in [5.41, 5.74) is 5.02. The monoisotopic (exact) mass is 345 g/mol. The van der Waals surface area contributed by atoms with Crippen LogP contribution in [-0.2, 0) is 0 Å². The summed E-state index contributed by atoms with van der Waals surface area (Å²) in [4.78, 5) is 5.62. The molecule has 0 aliphatic carbocycles. The van der Waals surface area contributed by atoms with Gasteiger partial charge in [0.15, 0.2) is 0 Å². The van der Waals surface area contributed by atoms with Crippen molar-refractivity contribution in [1.29, 1.82) is 0 Å². The van der Waals surface area contributed by atoms with Crippen molar-refractivity contribution in [2.24, 2.45) is 5.10 Å². The van der Waals surface area contributed by atoms with Gasteiger partial charge in [0.25, 0.3) is 0 Å². The molecule has 0 atom stereocenters. The number of anilines is 1. The van der Waals surface area contributed by atoms with E-state index in [1.165, 1.54) is 30.6 Å². The summed E-state index contributed by atoms with van der Waals surface area (Å²) in [6.07, 6.45) is 7.99. The second-order valence-corrected chi connectivity index (χ2v) is 7.03. The summed E-state index contributed by atoms with van der Waals surface area (Å²) in [6, 6.07) is 7.99. The number of aromatic nitrogens is 1. The lowest BCUT2D eigenvalue weighted by atomic mass is 10.2. The van der Waals surface area contributed by atoms with E-state index in [9.17, 15) is 0 Å². The standard InChI is InChI=1S/C19H27N3OS/c1-4-5-6-7-10-13-23-18-12-9-8-11-17(18)14-20-22-19-21-15(2)16(3)24-19/h8-9,11-12,14H,4-7,10,13H2,1-3H3,(H,21,22)/b20-14-. The number of hydrogen-bond acceptors (Lipinski definition) is 5. The molecule has 0 saturated heterocycles. The first-order valence-corrected chi connectivity index (χ1v) is 9.47. The van der Waals surface area contributed by atoms with Gasteiger partial charge in [0.1, 0.15) is 5.75 Å². The third kappa shape index (κ3) is 5.96. The van der Waals surface area contributed by atoms with Crippen molar-refractivity contribution in [3.8, 4) is 5.75 Å². The zero-order chi connectivity index (χ0) is 17.2. The molecule has 0 aliphatic rings. The van der Waals surface area contributed by atoms with E-state index in [1.807, 2.05) is 31.2 Å². The van der Waals surface area contributed by atoms with Crippen molar-refractivity contribution in [2.75, 3.05) is 12.0 Å². The maximum Gasteiger partial charge on any atom is 0.203 e. The van der Waals surface area contributed by atoms with Crippen molar-refractivity contribution in [1.82, 2.24) is 4.98 Å². The molecular formula is C19H27N3OS. The fraction of sp³-hybridized carbons (Fsp3) is 0.474. The normalized spacial score (nSPS) is 11.1. The molecule has 0 saturated carbocycles. The molecule has 0 bridgehead atoms. The molecule has 1 aromatic heterocycles. The fourth-order valence-electron chi connectivity index (χ4n) is 2.28. The van der Waals surface area contributed by atoms with Gasteiger partial charge in [-0.1, -0.05) is 44.7 Å². The SMILES string of the molecule is CCCCCCCOc1ccccc1/C=N\Nc1nc(C)c(C)s1. The second kappa shape index (κ2) is 10.1. The van der Waals surface area contributed by atoms with Gasteiger partial charge in [0, 0.05) is 10.4 Å². The largest absolute Gasteiger partial charge is 0.493 e. The summed E-state index contributed by atoms with van der Waals surface area (Å²) in [7, 11) is 0. The third-order valence-corrected chi connectivity index (χ3v) is 4.79. The first kappa shape index (κ1) is 18.5. The Morgan fingerprint density at radius 3 is 2.71 bits per heavy atom. The number of aryl methyl sites for hydroxylation is 2. The number of rotatable bonds is 10. The molecule has 24 heavy (non-hydrogen) atoms. The number of unbranched alkanes of at least 4 members (excludes halogenated alkanes) is 4. The quantitative estimate of drug-likeness (QED) is 0.348. The summed E-state index contributed by atoms with van der Waals surface area (Å²) in [5, 5.41) is 5.10. The molecule has 2 rings (SSSR count). The lowest BCUT2D eigenvalue weighted by Gasteiger charge is -2.08. The number of thiazole rings is 1. The minimum atomic E-state index is 0.757. The molecule has 5 heteroatoms. The van der Waals surface area contributed by atoms with E-state index >= 15 is 0 Å². The maximum absolute atomic E-state index is 5.91. The van der Waals surface area contributed by atoms with E-state index in [0.717, 1.165) is 35.2 Å². The zero-order valence-electron chi connectivity index (χ0n) is 14.8. The highest BCUT2D eigenvalue weighted by atomic mass is 32.1. The molecule has 0 radical (unpaired) electrons. The molecule has 0 fully saturated rings. The number of hydrogen-bond donors (Lipinski definition) is 1.